The molecule has 2 heterocycles. The Morgan fingerprint density at radius 1 is 1.17 bits per heavy atom. The number of anilines is 1. The van der Waals surface area contributed by atoms with Crippen LogP contribution in [0.25, 0.3) is 0 Å². The molecule has 2 aromatic rings. The number of carbonyl (C=O) groups is 1. The molecule has 1 amide bonds. The molecule has 0 bridgehead atoms. The minimum Gasteiger partial charge on any atom is -0.372 e. The van der Waals surface area contributed by atoms with E-state index in [-0.39, 0.29) is 11.1 Å². The number of pyridine rings is 1. The first-order valence-electron chi connectivity index (χ1n) is 8.03. The van der Waals surface area contributed by atoms with Gasteiger partial charge >= 0.3 is 0 Å². The van der Waals surface area contributed by atoms with Crippen molar-refractivity contribution < 1.29 is 4.79 Å². The molecule has 1 saturated heterocycles. The predicted molar refractivity (Wildman–Crippen MR) is 96.8 cm³/mol. The zero-order valence-corrected chi connectivity index (χ0v) is 14.0. The molecule has 1 aromatic heterocycles. The van der Waals surface area contributed by atoms with Crippen molar-refractivity contribution in [3.05, 3.63) is 58.9 Å². The molecule has 0 unspecified atom stereocenters. The molecule has 1 aromatic carbocycles. The first-order valence-corrected chi connectivity index (χ1v) is 8.41. The molecule has 5 nitrogen and oxygen atoms in total. The monoisotopic (exact) mass is 342 g/mol. The van der Waals surface area contributed by atoms with Gasteiger partial charge in [0, 0.05) is 25.0 Å². The van der Waals surface area contributed by atoms with E-state index in [0.717, 1.165) is 18.7 Å². The van der Waals surface area contributed by atoms with Crippen molar-refractivity contribution in [1.82, 2.24) is 10.4 Å². The largest absolute Gasteiger partial charge is 0.372 e. The van der Waals surface area contributed by atoms with E-state index in [1.165, 1.54) is 31.1 Å². The van der Waals surface area contributed by atoms with Crippen molar-refractivity contribution in [2.75, 3.05) is 18.0 Å². The number of hydrazone groups is 1. The van der Waals surface area contributed by atoms with Crippen molar-refractivity contribution in [2.24, 2.45) is 5.10 Å². The zero-order valence-electron chi connectivity index (χ0n) is 13.3. The topological polar surface area (TPSA) is 57.6 Å². The number of benzene rings is 1. The van der Waals surface area contributed by atoms with Gasteiger partial charge in [-0.3, -0.25) is 4.79 Å². The molecule has 124 valence electrons. The molecular weight excluding hydrogens is 324 g/mol. The quantitative estimate of drug-likeness (QED) is 0.525. The van der Waals surface area contributed by atoms with Crippen LogP contribution < -0.4 is 10.3 Å². The van der Waals surface area contributed by atoms with Crippen LogP contribution in [0.2, 0.25) is 5.15 Å². The first-order chi connectivity index (χ1) is 11.7. The summed E-state index contributed by atoms with van der Waals surface area (Å²) in [6.45, 7) is 2.24. The van der Waals surface area contributed by atoms with E-state index in [4.69, 9.17) is 11.6 Å². The Labute approximate surface area is 146 Å². The third-order valence-electron chi connectivity index (χ3n) is 4.00. The van der Waals surface area contributed by atoms with Crippen LogP contribution in [0.1, 0.15) is 35.2 Å². The first kappa shape index (κ1) is 16.5. The Bertz CT molecular complexity index is 724. The third kappa shape index (κ3) is 4.11. The molecule has 0 atom stereocenters. The van der Waals surface area contributed by atoms with Gasteiger partial charge in [0.25, 0.3) is 5.91 Å². The number of aromatic nitrogens is 1. The number of hydrogen-bond donors (Lipinski definition) is 1. The number of nitrogens with one attached hydrogen (secondary N) is 1. The lowest BCUT2D eigenvalue weighted by atomic mass is 10.1. The number of amides is 1. The van der Waals surface area contributed by atoms with Crippen molar-refractivity contribution >= 4 is 29.4 Å². The molecule has 0 saturated carbocycles. The highest BCUT2D eigenvalue weighted by atomic mass is 35.5. The molecule has 6 heteroatoms. The summed E-state index contributed by atoms with van der Waals surface area (Å²) >= 11 is 5.88. The fourth-order valence-electron chi connectivity index (χ4n) is 2.70. The van der Waals surface area contributed by atoms with Gasteiger partial charge in [-0.2, -0.15) is 5.10 Å². The fraction of sp³-hybridized carbons (Fsp3) is 0.278. The molecule has 1 N–H and O–H groups in total. The Balaban J connectivity index is 1.58. The maximum Gasteiger partial charge on any atom is 0.274 e. The van der Waals surface area contributed by atoms with Gasteiger partial charge in [0.15, 0.2) is 0 Å². The van der Waals surface area contributed by atoms with Crippen LogP contribution >= 0.6 is 11.6 Å². The van der Waals surface area contributed by atoms with E-state index in [9.17, 15) is 4.79 Å². The van der Waals surface area contributed by atoms with Gasteiger partial charge < -0.3 is 4.90 Å². The number of hydrogen-bond acceptors (Lipinski definition) is 4. The summed E-state index contributed by atoms with van der Waals surface area (Å²) in [6, 6.07) is 11.4. The van der Waals surface area contributed by atoms with Crippen LogP contribution in [-0.2, 0) is 0 Å². The SMILES string of the molecule is O=C(NN=Cc1ccc(N2CCCCC2)cc1)c1cccnc1Cl. The van der Waals surface area contributed by atoms with Gasteiger partial charge in [-0.05, 0) is 49.1 Å². The molecule has 3 rings (SSSR count). The van der Waals surface area contributed by atoms with Crippen LogP contribution in [0.15, 0.2) is 47.7 Å². The Kier molecular flexibility index (Phi) is 5.43. The van der Waals surface area contributed by atoms with Crippen molar-refractivity contribution in [3.8, 4) is 0 Å². The second-order valence-electron chi connectivity index (χ2n) is 5.68. The lowest BCUT2D eigenvalue weighted by Gasteiger charge is -2.28. The smallest absolute Gasteiger partial charge is 0.274 e. The van der Waals surface area contributed by atoms with Gasteiger partial charge in [-0.1, -0.05) is 23.7 Å². The lowest BCUT2D eigenvalue weighted by molar-refractivity contribution is 0.0955. The van der Waals surface area contributed by atoms with Gasteiger partial charge in [-0.25, -0.2) is 10.4 Å². The van der Waals surface area contributed by atoms with E-state index in [2.05, 4.69) is 32.5 Å². The number of nitrogens with zero attached hydrogens (tertiary/aromatic N) is 3. The molecule has 0 spiro atoms. The Hall–Kier alpha value is -2.40. The van der Waals surface area contributed by atoms with Crippen LogP contribution in [0.3, 0.4) is 0 Å². The van der Waals surface area contributed by atoms with Crippen LogP contribution in [0, 0.1) is 0 Å². The van der Waals surface area contributed by atoms with Crippen molar-refractivity contribution in [3.63, 3.8) is 0 Å². The normalized spacial score (nSPS) is 14.8. The summed E-state index contributed by atoms with van der Waals surface area (Å²) < 4.78 is 0. The van der Waals surface area contributed by atoms with Gasteiger partial charge in [-0.15, -0.1) is 0 Å². The second-order valence-corrected chi connectivity index (χ2v) is 6.04. The summed E-state index contributed by atoms with van der Waals surface area (Å²) in [7, 11) is 0. The summed E-state index contributed by atoms with van der Waals surface area (Å²) in [6.07, 6.45) is 6.98. The minimum atomic E-state index is -0.380. The van der Waals surface area contributed by atoms with E-state index in [1.807, 2.05) is 12.1 Å². The molecule has 24 heavy (non-hydrogen) atoms. The average molecular weight is 343 g/mol. The Morgan fingerprint density at radius 2 is 1.92 bits per heavy atom. The molecule has 1 aliphatic heterocycles. The molecule has 1 fully saturated rings. The van der Waals surface area contributed by atoms with Crippen molar-refractivity contribution in [1.29, 1.82) is 0 Å². The highest BCUT2D eigenvalue weighted by Crippen LogP contribution is 2.19. The van der Waals surface area contributed by atoms with E-state index >= 15 is 0 Å². The fourth-order valence-corrected chi connectivity index (χ4v) is 2.91. The maximum atomic E-state index is 12.0. The van der Waals surface area contributed by atoms with Gasteiger partial charge in [0.1, 0.15) is 5.15 Å². The van der Waals surface area contributed by atoms with Crippen molar-refractivity contribution in [2.45, 2.75) is 19.3 Å². The minimum absolute atomic E-state index is 0.163. The van der Waals surface area contributed by atoms with Crippen LogP contribution in [0.5, 0.6) is 0 Å². The molecule has 1 aliphatic rings. The average Bonchev–Trinajstić information content (AvgIpc) is 2.63. The second kappa shape index (κ2) is 7.93. The van der Waals surface area contributed by atoms with E-state index in [1.54, 1.807) is 18.3 Å². The number of halogens is 1. The van der Waals surface area contributed by atoms with E-state index in [0.29, 0.717) is 5.56 Å². The summed E-state index contributed by atoms with van der Waals surface area (Å²) in [5.74, 6) is -0.380. The molecular formula is C18H19ClN4O. The summed E-state index contributed by atoms with van der Waals surface area (Å²) in [5, 5.41) is 4.14. The molecule has 0 aliphatic carbocycles. The number of piperidine rings is 1. The highest BCUT2D eigenvalue weighted by Gasteiger charge is 2.11. The summed E-state index contributed by atoms with van der Waals surface area (Å²) in [4.78, 5) is 18.2. The van der Waals surface area contributed by atoms with Gasteiger partial charge in [0.2, 0.25) is 0 Å². The van der Waals surface area contributed by atoms with Crippen LogP contribution in [-0.4, -0.2) is 30.2 Å². The number of carbonyl (C=O) groups excluding carboxylic acids is 1. The Morgan fingerprint density at radius 3 is 2.62 bits per heavy atom. The number of rotatable bonds is 4. The third-order valence-corrected chi connectivity index (χ3v) is 4.30. The molecule has 0 radical (unpaired) electrons. The van der Waals surface area contributed by atoms with Gasteiger partial charge in [0.05, 0.1) is 11.8 Å². The summed E-state index contributed by atoms with van der Waals surface area (Å²) in [5.41, 5.74) is 4.92. The van der Waals surface area contributed by atoms with E-state index < -0.39 is 0 Å². The van der Waals surface area contributed by atoms with Crippen LogP contribution in [0.4, 0.5) is 5.69 Å². The predicted octanol–water partition coefficient (Wildman–Crippen LogP) is 3.49. The maximum absolute atomic E-state index is 12.0. The highest BCUT2D eigenvalue weighted by molar-refractivity contribution is 6.32. The standard InChI is InChI=1S/C18H19ClN4O/c19-17-16(5-4-10-20-17)18(24)22-21-13-14-6-8-15(9-7-14)23-11-2-1-3-12-23/h4-10,13H,1-3,11-12H2,(H,22,24). The zero-order chi connectivity index (χ0) is 16.8. The lowest BCUT2D eigenvalue weighted by Crippen LogP contribution is -2.29.